The van der Waals surface area contributed by atoms with Crippen LogP contribution in [-0.2, 0) is 4.79 Å². The minimum atomic E-state index is 0.163. The fourth-order valence-corrected chi connectivity index (χ4v) is 3.58. The van der Waals surface area contributed by atoms with Gasteiger partial charge in [0.1, 0.15) is 11.3 Å². The predicted molar refractivity (Wildman–Crippen MR) is 131 cm³/mol. The lowest BCUT2D eigenvalue weighted by Crippen LogP contribution is -2.31. The normalized spacial score (nSPS) is 18.1. The Morgan fingerprint density at radius 2 is 2.03 bits per heavy atom. The van der Waals surface area contributed by atoms with Crippen molar-refractivity contribution in [2.24, 2.45) is 5.92 Å². The maximum Gasteiger partial charge on any atom is 0.207 e. The number of aryl methyl sites for hydroxylation is 1. The van der Waals surface area contributed by atoms with E-state index in [1.165, 1.54) is 0 Å². The molecule has 1 aliphatic heterocycles. The average Bonchev–Trinajstić information content (AvgIpc) is 3.13. The first-order valence-electron chi connectivity index (χ1n) is 10.9. The van der Waals surface area contributed by atoms with Gasteiger partial charge in [-0.1, -0.05) is 44.2 Å². The van der Waals surface area contributed by atoms with Gasteiger partial charge in [0.25, 0.3) is 0 Å². The van der Waals surface area contributed by atoms with Gasteiger partial charge < -0.3 is 16.0 Å². The lowest BCUT2D eigenvalue weighted by Gasteiger charge is -2.18. The first-order chi connectivity index (χ1) is 15.0. The van der Waals surface area contributed by atoms with Gasteiger partial charge in [-0.25, -0.2) is 9.97 Å². The van der Waals surface area contributed by atoms with Gasteiger partial charge in [-0.05, 0) is 38.7 Å². The Bertz CT molecular complexity index is 937. The number of nitrogens with one attached hydrogen (secondary N) is 3. The number of benzene rings is 1. The zero-order valence-corrected chi connectivity index (χ0v) is 19.1. The molecular weight excluding hydrogens is 386 g/mol. The molecule has 0 bridgehead atoms. The van der Waals surface area contributed by atoms with Gasteiger partial charge in [-0.15, -0.1) is 13.2 Å². The zero-order valence-electron chi connectivity index (χ0n) is 19.1. The summed E-state index contributed by atoms with van der Waals surface area (Å²) < 4.78 is 0. The summed E-state index contributed by atoms with van der Waals surface area (Å²) in [5.41, 5.74) is 4.77. The van der Waals surface area contributed by atoms with E-state index in [0.29, 0.717) is 18.5 Å². The number of nitrogens with zero attached hydrogens (tertiary/aromatic N) is 2. The Morgan fingerprint density at radius 1 is 1.29 bits per heavy atom. The summed E-state index contributed by atoms with van der Waals surface area (Å²) in [6, 6.07) is 6.55. The van der Waals surface area contributed by atoms with Gasteiger partial charge in [0, 0.05) is 29.9 Å². The molecule has 166 valence electrons. The molecule has 2 aromatic rings. The van der Waals surface area contributed by atoms with Gasteiger partial charge in [-0.3, -0.25) is 4.79 Å². The van der Waals surface area contributed by atoms with Crippen molar-refractivity contribution in [2.75, 3.05) is 11.9 Å². The van der Waals surface area contributed by atoms with Crippen molar-refractivity contribution in [2.45, 2.75) is 52.6 Å². The smallest absolute Gasteiger partial charge is 0.207 e. The molecule has 3 rings (SSSR count). The van der Waals surface area contributed by atoms with Crippen LogP contribution < -0.4 is 16.0 Å². The molecule has 1 amide bonds. The summed E-state index contributed by atoms with van der Waals surface area (Å²) in [6.45, 7) is 16.1. The number of allylic oxidation sites excluding steroid dienone is 1. The fraction of sp³-hybridized carbons (Fsp3) is 0.400. The molecule has 31 heavy (non-hydrogen) atoms. The van der Waals surface area contributed by atoms with Crippen molar-refractivity contribution >= 4 is 29.0 Å². The quantitative estimate of drug-likeness (QED) is 0.313. The van der Waals surface area contributed by atoms with Crippen LogP contribution in [0.25, 0.3) is 16.7 Å². The first kappa shape index (κ1) is 24.1. The predicted octanol–water partition coefficient (Wildman–Crippen LogP) is 4.59. The van der Waals surface area contributed by atoms with E-state index in [9.17, 15) is 4.79 Å². The lowest BCUT2D eigenvalue weighted by atomic mass is 10.0. The summed E-state index contributed by atoms with van der Waals surface area (Å²) in [5, 5.41) is 9.78. The number of hydrogen-bond donors (Lipinski definition) is 3. The van der Waals surface area contributed by atoms with Crippen molar-refractivity contribution in [3.8, 4) is 0 Å². The Labute approximate surface area is 185 Å². The van der Waals surface area contributed by atoms with E-state index in [0.717, 1.165) is 53.1 Å². The topological polar surface area (TPSA) is 78.9 Å². The molecule has 0 saturated heterocycles. The number of anilines is 1. The Balaban J connectivity index is 0.00000107. The van der Waals surface area contributed by atoms with E-state index in [2.05, 4.69) is 55.1 Å². The highest BCUT2D eigenvalue weighted by Gasteiger charge is 2.25. The molecule has 3 unspecified atom stereocenters. The van der Waals surface area contributed by atoms with Crippen molar-refractivity contribution in [3.05, 3.63) is 60.8 Å². The average molecular weight is 422 g/mol. The molecule has 6 nitrogen and oxygen atoms in total. The molecule has 6 heteroatoms. The van der Waals surface area contributed by atoms with E-state index >= 15 is 0 Å². The number of para-hydroxylation sites is 1. The van der Waals surface area contributed by atoms with Crippen molar-refractivity contribution < 1.29 is 4.79 Å². The Hall–Kier alpha value is -3.15. The molecule has 3 N–H and O–H groups in total. The second-order valence-corrected chi connectivity index (χ2v) is 7.68. The largest absolute Gasteiger partial charge is 0.381 e. The molecule has 1 aromatic heterocycles. The third-order valence-electron chi connectivity index (χ3n) is 5.29. The Morgan fingerprint density at radius 3 is 2.68 bits per heavy atom. The number of rotatable bonds is 9. The van der Waals surface area contributed by atoms with Crippen molar-refractivity contribution in [3.63, 3.8) is 0 Å². The SMILES string of the molecule is C=CC.C=CC(CC)Nc1nc2c(C3=CC(C)C(CCNC=O)N3)cccc2nc1C. The van der Waals surface area contributed by atoms with E-state index in [4.69, 9.17) is 9.97 Å². The summed E-state index contributed by atoms with van der Waals surface area (Å²) in [6.07, 6.45) is 8.45. The molecule has 0 radical (unpaired) electrons. The van der Waals surface area contributed by atoms with Gasteiger partial charge in [0.2, 0.25) is 6.41 Å². The number of amides is 1. The molecule has 3 atom stereocenters. The van der Waals surface area contributed by atoms with Gasteiger partial charge in [0.15, 0.2) is 0 Å². The summed E-state index contributed by atoms with van der Waals surface area (Å²) in [4.78, 5) is 20.2. The van der Waals surface area contributed by atoms with Crippen LogP contribution in [0.3, 0.4) is 0 Å². The van der Waals surface area contributed by atoms with Crippen LogP contribution >= 0.6 is 0 Å². The minimum absolute atomic E-state index is 0.163. The number of hydrogen-bond acceptors (Lipinski definition) is 5. The van der Waals surface area contributed by atoms with Crippen molar-refractivity contribution in [1.82, 2.24) is 20.6 Å². The van der Waals surface area contributed by atoms with Crippen LogP contribution in [0.4, 0.5) is 5.82 Å². The molecule has 0 saturated carbocycles. The van der Waals surface area contributed by atoms with Crippen LogP contribution in [0.15, 0.2) is 49.6 Å². The van der Waals surface area contributed by atoms with Gasteiger partial charge in [-0.2, -0.15) is 0 Å². The molecule has 2 heterocycles. The van der Waals surface area contributed by atoms with Crippen LogP contribution in [0.1, 0.15) is 44.9 Å². The molecule has 1 aliphatic rings. The third-order valence-corrected chi connectivity index (χ3v) is 5.29. The number of carbonyl (C=O) groups excluding carboxylic acids is 1. The van der Waals surface area contributed by atoms with E-state index in [1.54, 1.807) is 6.08 Å². The molecule has 1 aromatic carbocycles. The fourth-order valence-electron chi connectivity index (χ4n) is 3.58. The summed E-state index contributed by atoms with van der Waals surface area (Å²) in [7, 11) is 0. The summed E-state index contributed by atoms with van der Waals surface area (Å²) >= 11 is 0. The van der Waals surface area contributed by atoms with Gasteiger partial charge in [0.05, 0.1) is 11.2 Å². The van der Waals surface area contributed by atoms with Crippen LogP contribution in [-0.4, -0.2) is 35.0 Å². The minimum Gasteiger partial charge on any atom is -0.381 e. The number of carbonyl (C=O) groups is 1. The first-order valence-corrected chi connectivity index (χ1v) is 10.9. The monoisotopic (exact) mass is 421 g/mol. The third kappa shape index (κ3) is 6.17. The maximum atomic E-state index is 10.5. The lowest BCUT2D eigenvalue weighted by molar-refractivity contribution is -0.109. The Kier molecular flexibility index (Phi) is 9.25. The number of fused-ring (bicyclic) bond motifs is 1. The van der Waals surface area contributed by atoms with E-state index in [1.807, 2.05) is 32.1 Å². The molecule has 0 aliphatic carbocycles. The molecule has 0 fully saturated rings. The second kappa shape index (κ2) is 11.9. The summed E-state index contributed by atoms with van der Waals surface area (Å²) in [5.74, 6) is 1.17. The maximum absolute atomic E-state index is 10.5. The van der Waals surface area contributed by atoms with Crippen LogP contribution in [0.2, 0.25) is 0 Å². The molecule has 0 spiro atoms. The van der Waals surface area contributed by atoms with Crippen LogP contribution in [0, 0.1) is 12.8 Å². The highest BCUT2D eigenvalue weighted by Crippen LogP contribution is 2.30. The highest BCUT2D eigenvalue weighted by molar-refractivity contribution is 5.90. The number of aromatic nitrogens is 2. The zero-order chi connectivity index (χ0) is 22.8. The molecular formula is C25H35N5O. The standard InChI is InChI=1S/C22H29N5O.C3H6/c1-5-16(6-2)25-22-15(4)24-19-9-7-8-17(21(19)27-22)20-12-14(3)18(26-20)10-11-23-13-28;1-3-2/h5,7-9,12-14,16,18,26H,1,6,10-11H2,2-4H3,(H,23,28)(H,25,27);3H,1H2,2H3. The van der Waals surface area contributed by atoms with Crippen LogP contribution in [0.5, 0.6) is 0 Å². The van der Waals surface area contributed by atoms with Crippen molar-refractivity contribution in [1.29, 1.82) is 0 Å². The highest BCUT2D eigenvalue weighted by atomic mass is 16.1. The van der Waals surface area contributed by atoms with E-state index < -0.39 is 0 Å². The van der Waals surface area contributed by atoms with Gasteiger partial charge >= 0.3 is 0 Å². The second-order valence-electron chi connectivity index (χ2n) is 7.68. The van der Waals surface area contributed by atoms with E-state index in [-0.39, 0.29) is 6.04 Å².